The van der Waals surface area contributed by atoms with Gasteiger partial charge in [-0.25, -0.2) is 0 Å². The van der Waals surface area contributed by atoms with E-state index in [0.717, 1.165) is 19.4 Å². The van der Waals surface area contributed by atoms with Crippen molar-refractivity contribution < 1.29 is 9.59 Å². The van der Waals surface area contributed by atoms with Gasteiger partial charge in [-0.1, -0.05) is 0 Å². The average Bonchev–Trinajstić information content (AvgIpc) is 2.65. The molecule has 1 atom stereocenters. The van der Waals surface area contributed by atoms with E-state index < -0.39 is 0 Å². The van der Waals surface area contributed by atoms with Crippen LogP contribution in [0.3, 0.4) is 0 Å². The first-order valence-electron chi connectivity index (χ1n) is 6.09. The summed E-state index contributed by atoms with van der Waals surface area (Å²) in [6, 6.07) is -0.109. The Morgan fingerprint density at radius 2 is 2.06 bits per heavy atom. The predicted octanol–water partition coefficient (Wildman–Crippen LogP) is 0.112. The van der Waals surface area contributed by atoms with Gasteiger partial charge in [-0.2, -0.15) is 0 Å². The van der Waals surface area contributed by atoms with Gasteiger partial charge in [0.05, 0.1) is 12.6 Å². The van der Waals surface area contributed by atoms with E-state index in [4.69, 9.17) is 0 Å². The maximum atomic E-state index is 11.9. The lowest BCUT2D eigenvalue weighted by Crippen LogP contribution is -2.49. The fourth-order valence-electron chi connectivity index (χ4n) is 1.91. The molecule has 1 fully saturated rings. The minimum absolute atomic E-state index is 0.00607. The van der Waals surface area contributed by atoms with Gasteiger partial charge in [0.2, 0.25) is 11.8 Å². The molecule has 2 amide bonds. The van der Waals surface area contributed by atoms with Crippen LogP contribution in [0, 0.1) is 0 Å². The number of amides is 2. The van der Waals surface area contributed by atoms with Gasteiger partial charge in [0, 0.05) is 12.6 Å². The van der Waals surface area contributed by atoms with Crippen LogP contribution in [-0.4, -0.2) is 48.4 Å². The average molecular weight is 241 g/mol. The highest BCUT2D eigenvalue weighted by Crippen LogP contribution is 2.07. The van der Waals surface area contributed by atoms with Crippen molar-refractivity contribution in [3.63, 3.8) is 0 Å². The van der Waals surface area contributed by atoms with Gasteiger partial charge in [-0.05, 0) is 40.2 Å². The zero-order chi connectivity index (χ0) is 13.1. The van der Waals surface area contributed by atoms with Crippen molar-refractivity contribution in [3.05, 3.63) is 0 Å². The van der Waals surface area contributed by atoms with Crippen LogP contribution in [0.1, 0.15) is 33.6 Å². The first-order valence-corrected chi connectivity index (χ1v) is 6.09. The van der Waals surface area contributed by atoms with Crippen molar-refractivity contribution in [2.45, 2.75) is 45.2 Å². The van der Waals surface area contributed by atoms with E-state index in [0.29, 0.717) is 0 Å². The van der Waals surface area contributed by atoms with Crippen molar-refractivity contribution in [2.24, 2.45) is 0 Å². The molecule has 5 heteroatoms. The highest BCUT2D eigenvalue weighted by atomic mass is 16.2. The molecule has 1 rings (SSSR count). The van der Waals surface area contributed by atoms with E-state index in [1.165, 1.54) is 4.90 Å². The molecule has 0 aliphatic carbocycles. The van der Waals surface area contributed by atoms with Gasteiger partial charge in [0.15, 0.2) is 0 Å². The molecule has 98 valence electrons. The van der Waals surface area contributed by atoms with Gasteiger partial charge in [0.1, 0.15) is 0 Å². The number of carbonyl (C=O) groups is 2. The van der Waals surface area contributed by atoms with Crippen molar-refractivity contribution in [1.82, 2.24) is 15.5 Å². The number of carbonyl (C=O) groups excluding carboxylic acids is 2. The molecule has 1 aliphatic heterocycles. The highest BCUT2D eigenvalue weighted by molar-refractivity contribution is 5.87. The zero-order valence-corrected chi connectivity index (χ0v) is 11.2. The van der Waals surface area contributed by atoms with Crippen LogP contribution in [0.15, 0.2) is 0 Å². The van der Waals surface area contributed by atoms with Crippen LogP contribution in [0.5, 0.6) is 0 Å². The Hall–Kier alpha value is -1.10. The topological polar surface area (TPSA) is 61.4 Å². The third-order valence-corrected chi connectivity index (χ3v) is 2.63. The third-order valence-electron chi connectivity index (χ3n) is 2.63. The standard InChI is InChI=1S/C12H23N3O2/c1-12(2,3)14-10(16)8-15(4)11(17)9-6-5-7-13-9/h9,13H,5-8H2,1-4H3,(H,14,16). The Kier molecular flexibility index (Phi) is 4.51. The maximum Gasteiger partial charge on any atom is 0.240 e. The minimum atomic E-state index is -0.257. The second-order valence-corrected chi connectivity index (χ2v) is 5.64. The van der Waals surface area contributed by atoms with Crippen LogP contribution >= 0.6 is 0 Å². The first-order chi connectivity index (χ1) is 7.79. The van der Waals surface area contributed by atoms with Crippen LogP contribution in [0.2, 0.25) is 0 Å². The molecule has 2 N–H and O–H groups in total. The molecule has 1 unspecified atom stereocenters. The quantitative estimate of drug-likeness (QED) is 0.737. The third kappa shape index (κ3) is 4.73. The Morgan fingerprint density at radius 1 is 1.41 bits per heavy atom. The SMILES string of the molecule is CN(CC(=O)NC(C)(C)C)C(=O)C1CCCN1. The van der Waals surface area contributed by atoms with E-state index in [9.17, 15) is 9.59 Å². The molecular weight excluding hydrogens is 218 g/mol. The fraction of sp³-hybridized carbons (Fsp3) is 0.833. The summed E-state index contributed by atoms with van der Waals surface area (Å²) in [5.41, 5.74) is -0.257. The van der Waals surface area contributed by atoms with E-state index in [-0.39, 0.29) is 29.9 Å². The zero-order valence-electron chi connectivity index (χ0n) is 11.2. The van der Waals surface area contributed by atoms with E-state index in [1.54, 1.807) is 7.05 Å². The maximum absolute atomic E-state index is 11.9. The Balaban J connectivity index is 2.40. The normalized spacial score (nSPS) is 20.1. The summed E-state index contributed by atoms with van der Waals surface area (Å²) in [4.78, 5) is 25.1. The molecule has 0 spiro atoms. The first kappa shape index (κ1) is 14.0. The molecule has 17 heavy (non-hydrogen) atoms. The molecular formula is C12H23N3O2. The smallest absolute Gasteiger partial charge is 0.240 e. The van der Waals surface area contributed by atoms with Gasteiger partial charge >= 0.3 is 0 Å². The molecule has 0 bridgehead atoms. The number of nitrogens with one attached hydrogen (secondary N) is 2. The van der Waals surface area contributed by atoms with Crippen molar-refractivity contribution in [1.29, 1.82) is 0 Å². The summed E-state index contributed by atoms with van der Waals surface area (Å²) in [5.74, 6) is -0.113. The van der Waals surface area contributed by atoms with Crippen LogP contribution in [0.4, 0.5) is 0 Å². The predicted molar refractivity (Wildman–Crippen MR) is 66.6 cm³/mol. The highest BCUT2D eigenvalue weighted by Gasteiger charge is 2.26. The van der Waals surface area contributed by atoms with Crippen LogP contribution in [0.25, 0.3) is 0 Å². The molecule has 0 aromatic rings. The fourth-order valence-corrected chi connectivity index (χ4v) is 1.91. The Bertz CT molecular complexity index is 291. The summed E-state index contributed by atoms with van der Waals surface area (Å²) >= 11 is 0. The lowest BCUT2D eigenvalue weighted by Gasteiger charge is -2.24. The number of hydrogen-bond donors (Lipinski definition) is 2. The lowest BCUT2D eigenvalue weighted by atomic mass is 10.1. The molecule has 1 aliphatic rings. The van der Waals surface area contributed by atoms with E-state index >= 15 is 0 Å². The Labute approximate surface area is 103 Å². The second kappa shape index (κ2) is 5.49. The van der Waals surface area contributed by atoms with Crippen molar-refractivity contribution in [3.8, 4) is 0 Å². The summed E-state index contributed by atoms with van der Waals surface area (Å²) < 4.78 is 0. The van der Waals surface area contributed by atoms with Crippen molar-refractivity contribution in [2.75, 3.05) is 20.1 Å². The number of rotatable bonds is 3. The summed E-state index contributed by atoms with van der Waals surface area (Å²) in [7, 11) is 1.67. The molecule has 0 aromatic heterocycles. The molecule has 1 heterocycles. The number of nitrogens with zero attached hydrogens (tertiary/aromatic N) is 1. The summed E-state index contributed by atoms with van der Waals surface area (Å²) in [5, 5.41) is 5.98. The number of likely N-dealkylation sites (N-methyl/N-ethyl adjacent to an activating group) is 1. The van der Waals surface area contributed by atoms with Crippen LogP contribution < -0.4 is 10.6 Å². The summed E-state index contributed by atoms with van der Waals surface area (Å²) in [6.45, 7) is 6.77. The monoisotopic (exact) mass is 241 g/mol. The molecule has 5 nitrogen and oxygen atoms in total. The van der Waals surface area contributed by atoms with Gasteiger partial charge in [-0.3, -0.25) is 9.59 Å². The van der Waals surface area contributed by atoms with Gasteiger partial charge < -0.3 is 15.5 Å². The Morgan fingerprint density at radius 3 is 2.53 bits per heavy atom. The molecule has 1 saturated heterocycles. The second-order valence-electron chi connectivity index (χ2n) is 5.64. The summed E-state index contributed by atoms with van der Waals surface area (Å²) in [6.07, 6.45) is 1.89. The lowest BCUT2D eigenvalue weighted by molar-refractivity contribution is -0.136. The minimum Gasteiger partial charge on any atom is -0.350 e. The van der Waals surface area contributed by atoms with Gasteiger partial charge in [0.25, 0.3) is 0 Å². The van der Waals surface area contributed by atoms with E-state index in [1.807, 2.05) is 20.8 Å². The number of hydrogen-bond acceptors (Lipinski definition) is 3. The molecule has 0 saturated carbocycles. The largest absolute Gasteiger partial charge is 0.350 e. The van der Waals surface area contributed by atoms with Gasteiger partial charge in [-0.15, -0.1) is 0 Å². The van der Waals surface area contributed by atoms with Crippen molar-refractivity contribution >= 4 is 11.8 Å². The molecule has 0 radical (unpaired) electrons. The van der Waals surface area contributed by atoms with E-state index in [2.05, 4.69) is 10.6 Å². The molecule has 0 aromatic carbocycles. The van der Waals surface area contributed by atoms with Crippen LogP contribution in [-0.2, 0) is 9.59 Å².